The lowest BCUT2D eigenvalue weighted by molar-refractivity contribution is -0.137. The van der Waals surface area contributed by atoms with Crippen molar-refractivity contribution in [2.75, 3.05) is 5.75 Å². The number of carboxylic acid groups (broad SMARTS) is 1. The largest absolute Gasteiger partial charge is 0.480 e. The fourth-order valence-electron chi connectivity index (χ4n) is 0.239. The summed E-state index contributed by atoms with van der Waals surface area (Å²) in [5.74, 6) is -1.79. The third-order valence-corrected chi connectivity index (χ3v) is 1.35. The van der Waals surface area contributed by atoms with Crippen LogP contribution in [0.3, 0.4) is 0 Å². The molecule has 0 amide bonds. The first-order valence-electron chi connectivity index (χ1n) is 2.14. The smallest absolute Gasteiger partial charge is 0.321 e. The lowest BCUT2D eigenvalue weighted by Crippen LogP contribution is -2.34. The molecule has 0 bridgehead atoms. The summed E-state index contributed by atoms with van der Waals surface area (Å²) in [4.78, 5) is 9.84. The average Bonchev–Trinajstić information content (AvgIpc) is 1.63. The minimum Gasteiger partial charge on any atom is -0.480 e. The number of carboxylic acids is 1. The molecule has 0 saturated heterocycles. The summed E-state index contributed by atoms with van der Waals surface area (Å²) >= 11 is 0. The Labute approximate surface area is 53.4 Å². The van der Waals surface area contributed by atoms with Crippen LogP contribution < -0.4 is 5.73 Å². The standard InChI is InChI=1S/C3H7NO4S/c4-2(3(5)6)1-9(7)8/h2,9H,1,4H2,(H,5,6)/t2-/m0/s1. The van der Waals surface area contributed by atoms with E-state index in [2.05, 4.69) is 0 Å². The Bertz CT molecular complexity index is 167. The molecule has 6 heteroatoms. The monoisotopic (exact) mass is 153 g/mol. The Morgan fingerprint density at radius 3 is 2.22 bits per heavy atom. The normalized spacial score (nSPS) is 13.6. The van der Waals surface area contributed by atoms with Crippen LogP contribution in [-0.2, 0) is 15.5 Å². The average molecular weight is 153 g/mol. The molecule has 0 heterocycles. The van der Waals surface area contributed by atoms with E-state index in [0.29, 0.717) is 0 Å². The van der Waals surface area contributed by atoms with Gasteiger partial charge in [0.15, 0.2) is 0 Å². The highest BCUT2D eigenvalue weighted by Crippen LogP contribution is 1.77. The second kappa shape index (κ2) is 3.41. The van der Waals surface area contributed by atoms with E-state index < -0.39 is 28.5 Å². The summed E-state index contributed by atoms with van der Waals surface area (Å²) < 4.78 is 19.6. The molecule has 0 rings (SSSR count). The number of aliphatic carboxylic acids is 1. The molecule has 1 atom stereocenters. The maximum Gasteiger partial charge on any atom is 0.321 e. The van der Waals surface area contributed by atoms with Crippen molar-refractivity contribution in [1.82, 2.24) is 0 Å². The maximum absolute atomic E-state index is 9.84. The van der Waals surface area contributed by atoms with Crippen LogP contribution in [0.4, 0.5) is 0 Å². The summed E-state index contributed by atoms with van der Waals surface area (Å²) in [5, 5.41) is 8.04. The Hall–Kier alpha value is -0.620. The zero-order valence-electron chi connectivity index (χ0n) is 4.48. The Balaban J connectivity index is 3.77. The van der Waals surface area contributed by atoms with Crippen molar-refractivity contribution in [3.05, 3.63) is 0 Å². The molecule has 0 radical (unpaired) electrons. The summed E-state index contributed by atoms with van der Waals surface area (Å²) in [6, 6.07) is -1.29. The van der Waals surface area contributed by atoms with Crippen LogP contribution in [-0.4, -0.2) is 31.3 Å². The fraction of sp³-hybridized carbons (Fsp3) is 0.667. The van der Waals surface area contributed by atoms with Gasteiger partial charge in [-0.3, -0.25) is 4.79 Å². The van der Waals surface area contributed by atoms with Crippen LogP contribution in [0, 0.1) is 0 Å². The number of hydrogen-bond acceptors (Lipinski definition) is 4. The molecule has 54 valence electrons. The molecule has 0 aliphatic rings. The molecular weight excluding hydrogens is 146 g/mol. The van der Waals surface area contributed by atoms with E-state index in [4.69, 9.17) is 10.8 Å². The molecule has 0 aromatic rings. The molecule has 0 aromatic heterocycles. The Morgan fingerprint density at radius 1 is 1.67 bits per heavy atom. The second-order valence-corrected chi connectivity index (χ2v) is 2.49. The topological polar surface area (TPSA) is 97.5 Å². The number of thiol groups is 1. The van der Waals surface area contributed by atoms with Crippen LogP contribution in [0.25, 0.3) is 0 Å². The first-order chi connectivity index (χ1) is 4.04. The molecule has 0 aliphatic carbocycles. The first-order valence-corrected chi connectivity index (χ1v) is 3.50. The molecule has 5 nitrogen and oxygen atoms in total. The fourth-order valence-corrected chi connectivity index (χ4v) is 0.716. The van der Waals surface area contributed by atoms with Gasteiger partial charge in [0.1, 0.15) is 16.7 Å². The van der Waals surface area contributed by atoms with Crippen LogP contribution in [0.2, 0.25) is 0 Å². The van der Waals surface area contributed by atoms with E-state index in [1.165, 1.54) is 0 Å². The third-order valence-electron chi connectivity index (χ3n) is 0.663. The Morgan fingerprint density at radius 2 is 2.11 bits per heavy atom. The zero-order chi connectivity index (χ0) is 7.44. The highest BCUT2D eigenvalue weighted by Gasteiger charge is 2.11. The van der Waals surface area contributed by atoms with Crippen molar-refractivity contribution in [2.45, 2.75) is 6.04 Å². The molecule has 0 spiro atoms. The molecule has 9 heavy (non-hydrogen) atoms. The van der Waals surface area contributed by atoms with E-state index in [1.807, 2.05) is 0 Å². The van der Waals surface area contributed by atoms with E-state index in [9.17, 15) is 13.2 Å². The highest BCUT2D eigenvalue weighted by atomic mass is 32.2. The molecular formula is C3H7NO4S. The first kappa shape index (κ1) is 8.38. The van der Waals surface area contributed by atoms with E-state index >= 15 is 0 Å². The number of rotatable bonds is 3. The second-order valence-electron chi connectivity index (χ2n) is 1.46. The van der Waals surface area contributed by atoms with Crippen LogP contribution in [0.15, 0.2) is 0 Å². The van der Waals surface area contributed by atoms with Gasteiger partial charge >= 0.3 is 5.97 Å². The lowest BCUT2D eigenvalue weighted by atomic mass is 10.4. The van der Waals surface area contributed by atoms with Crippen LogP contribution in [0.1, 0.15) is 0 Å². The number of nitrogens with two attached hydrogens (primary N) is 1. The van der Waals surface area contributed by atoms with Crippen LogP contribution in [0.5, 0.6) is 0 Å². The summed E-state index contributed by atoms with van der Waals surface area (Å²) in [5.41, 5.74) is 4.83. The molecule has 0 saturated carbocycles. The molecule has 0 aliphatic heterocycles. The van der Waals surface area contributed by atoms with Crippen molar-refractivity contribution in [3.8, 4) is 0 Å². The van der Waals surface area contributed by atoms with Gasteiger partial charge in [-0.2, -0.15) is 0 Å². The van der Waals surface area contributed by atoms with E-state index in [-0.39, 0.29) is 0 Å². The quantitative estimate of drug-likeness (QED) is 0.408. The van der Waals surface area contributed by atoms with Gasteiger partial charge in [-0.1, -0.05) is 0 Å². The van der Waals surface area contributed by atoms with Crippen molar-refractivity contribution in [3.63, 3.8) is 0 Å². The molecule has 3 N–H and O–H groups in total. The lowest BCUT2D eigenvalue weighted by Gasteiger charge is -1.97. The van der Waals surface area contributed by atoms with Crippen molar-refractivity contribution in [1.29, 1.82) is 0 Å². The maximum atomic E-state index is 9.84. The van der Waals surface area contributed by atoms with Gasteiger partial charge in [0.2, 0.25) is 0 Å². The minimum absolute atomic E-state index is 0.495. The van der Waals surface area contributed by atoms with Gasteiger partial charge in [-0.05, 0) is 0 Å². The SMILES string of the molecule is N[C@@H](C[SH](=O)=O)C(=O)O. The summed E-state index contributed by atoms with van der Waals surface area (Å²) in [6.45, 7) is 0. The molecule has 0 unspecified atom stereocenters. The number of hydrogen-bond donors (Lipinski definition) is 3. The minimum atomic E-state index is -2.68. The van der Waals surface area contributed by atoms with Gasteiger partial charge in [-0.25, -0.2) is 8.42 Å². The van der Waals surface area contributed by atoms with Gasteiger partial charge in [0.25, 0.3) is 0 Å². The van der Waals surface area contributed by atoms with Crippen LogP contribution >= 0.6 is 0 Å². The van der Waals surface area contributed by atoms with Gasteiger partial charge in [0, 0.05) is 0 Å². The molecule has 0 fully saturated rings. The Kier molecular flexibility index (Phi) is 3.18. The predicted octanol–water partition coefficient (Wildman–Crippen LogP) is -1.99. The molecule has 0 aromatic carbocycles. The third kappa shape index (κ3) is 3.92. The van der Waals surface area contributed by atoms with Crippen molar-refractivity contribution < 1.29 is 18.3 Å². The van der Waals surface area contributed by atoms with E-state index in [1.54, 1.807) is 0 Å². The predicted molar refractivity (Wildman–Crippen MR) is 30.8 cm³/mol. The van der Waals surface area contributed by atoms with Gasteiger partial charge < -0.3 is 10.8 Å². The highest BCUT2D eigenvalue weighted by molar-refractivity contribution is 7.72. The van der Waals surface area contributed by atoms with Crippen molar-refractivity contribution >= 4 is 16.7 Å². The summed E-state index contributed by atoms with van der Waals surface area (Å²) in [7, 11) is -2.68. The van der Waals surface area contributed by atoms with Gasteiger partial charge in [0.05, 0.1) is 5.75 Å². The summed E-state index contributed by atoms with van der Waals surface area (Å²) in [6.07, 6.45) is 0. The zero-order valence-corrected chi connectivity index (χ0v) is 5.38. The van der Waals surface area contributed by atoms with Crippen molar-refractivity contribution in [2.24, 2.45) is 5.73 Å². The van der Waals surface area contributed by atoms with E-state index in [0.717, 1.165) is 0 Å². The number of carbonyl (C=O) groups is 1. The van der Waals surface area contributed by atoms with Gasteiger partial charge in [-0.15, -0.1) is 0 Å².